The maximum atomic E-state index is 5.46. The molecular formula is C22H21N5O. The lowest BCUT2D eigenvalue weighted by molar-refractivity contribution is 0.415. The Kier molecular flexibility index (Phi) is 4.24. The third-order valence-corrected chi connectivity index (χ3v) is 5.59. The van der Waals surface area contributed by atoms with Crippen molar-refractivity contribution in [1.82, 2.24) is 25.6 Å². The average Bonchev–Trinajstić information content (AvgIpc) is 3.46. The molecule has 2 heterocycles. The molecule has 0 radical (unpaired) electrons. The Bertz CT molecular complexity index is 1100. The number of methoxy groups -OCH3 is 1. The molecule has 28 heavy (non-hydrogen) atoms. The molecule has 0 unspecified atom stereocenters. The Morgan fingerprint density at radius 2 is 1.82 bits per heavy atom. The van der Waals surface area contributed by atoms with E-state index in [2.05, 4.69) is 51.0 Å². The second-order valence-corrected chi connectivity index (χ2v) is 7.21. The molecule has 1 saturated carbocycles. The van der Waals surface area contributed by atoms with Crippen LogP contribution in [0.2, 0.25) is 0 Å². The SMILES string of the molecule is COc1ccc2c(-c3ccccc3)c(-c3nn[nH]n3)c(C3CCCC3)nc2c1. The van der Waals surface area contributed by atoms with Crippen molar-refractivity contribution in [3.05, 3.63) is 54.2 Å². The van der Waals surface area contributed by atoms with Gasteiger partial charge in [0.2, 0.25) is 5.82 Å². The summed E-state index contributed by atoms with van der Waals surface area (Å²) in [4.78, 5) is 5.11. The molecule has 6 nitrogen and oxygen atoms in total. The van der Waals surface area contributed by atoms with Gasteiger partial charge in [0.25, 0.3) is 0 Å². The van der Waals surface area contributed by atoms with Crippen LogP contribution < -0.4 is 4.74 Å². The van der Waals surface area contributed by atoms with Crippen molar-refractivity contribution in [2.75, 3.05) is 7.11 Å². The molecule has 1 aliphatic rings. The first-order valence-corrected chi connectivity index (χ1v) is 9.66. The van der Waals surface area contributed by atoms with Crippen molar-refractivity contribution in [3.63, 3.8) is 0 Å². The van der Waals surface area contributed by atoms with Gasteiger partial charge in [-0.1, -0.05) is 43.2 Å². The van der Waals surface area contributed by atoms with E-state index in [1.165, 1.54) is 12.8 Å². The number of tetrazole rings is 1. The van der Waals surface area contributed by atoms with Gasteiger partial charge in [0.05, 0.1) is 23.9 Å². The molecule has 2 aromatic heterocycles. The molecule has 1 fully saturated rings. The Hall–Kier alpha value is -3.28. The van der Waals surface area contributed by atoms with Crippen LogP contribution in [0.1, 0.15) is 37.3 Å². The second kappa shape index (κ2) is 7.03. The zero-order valence-corrected chi connectivity index (χ0v) is 15.7. The number of fused-ring (bicyclic) bond motifs is 1. The van der Waals surface area contributed by atoms with Crippen molar-refractivity contribution in [2.24, 2.45) is 0 Å². The van der Waals surface area contributed by atoms with Gasteiger partial charge < -0.3 is 4.74 Å². The van der Waals surface area contributed by atoms with E-state index < -0.39 is 0 Å². The van der Waals surface area contributed by atoms with E-state index in [1.54, 1.807) is 7.11 Å². The number of rotatable bonds is 4. The van der Waals surface area contributed by atoms with Crippen LogP contribution in [0.25, 0.3) is 33.4 Å². The summed E-state index contributed by atoms with van der Waals surface area (Å²) in [6.45, 7) is 0. The van der Waals surface area contributed by atoms with Crippen molar-refractivity contribution in [2.45, 2.75) is 31.6 Å². The Labute approximate surface area is 163 Å². The summed E-state index contributed by atoms with van der Waals surface area (Å²) < 4.78 is 5.46. The van der Waals surface area contributed by atoms with Crippen LogP contribution >= 0.6 is 0 Å². The smallest absolute Gasteiger partial charge is 0.207 e. The molecule has 2 aromatic carbocycles. The van der Waals surface area contributed by atoms with Crippen LogP contribution in [0.3, 0.4) is 0 Å². The number of benzene rings is 2. The molecule has 0 spiro atoms. The molecule has 0 atom stereocenters. The van der Waals surface area contributed by atoms with Crippen molar-refractivity contribution in [3.8, 4) is 28.3 Å². The summed E-state index contributed by atoms with van der Waals surface area (Å²) in [6.07, 6.45) is 4.74. The van der Waals surface area contributed by atoms with Gasteiger partial charge in [-0.3, -0.25) is 4.98 Å². The van der Waals surface area contributed by atoms with Gasteiger partial charge in [-0.15, -0.1) is 10.2 Å². The lowest BCUT2D eigenvalue weighted by Crippen LogP contribution is -2.04. The number of hydrogen-bond donors (Lipinski definition) is 1. The van der Waals surface area contributed by atoms with Gasteiger partial charge in [-0.05, 0) is 35.8 Å². The maximum absolute atomic E-state index is 5.46. The highest BCUT2D eigenvalue weighted by Gasteiger charge is 2.28. The molecule has 4 aromatic rings. The number of ether oxygens (including phenoxy) is 1. The third kappa shape index (κ3) is 2.81. The molecule has 0 amide bonds. The minimum Gasteiger partial charge on any atom is -0.497 e. The minimum absolute atomic E-state index is 0.409. The van der Waals surface area contributed by atoms with E-state index in [-0.39, 0.29) is 0 Å². The molecule has 5 rings (SSSR count). The summed E-state index contributed by atoms with van der Waals surface area (Å²) in [5.41, 5.74) is 5.23. The highest BCUT2D eigenvalue weighted by Crippen LogP contribution is 2.44. The van der Waals surface area contributed by atoms with E-state index in [4.69, 9.17) is 9.72 Å². The highest BCUT2D eigenvalue weighted by atomic mass is 16.5. The summed E-state index contributed by atoms with van der Waals surface area (Å²) >= 11 is 0. The summed E-state index contributed by atoms with van der Waals surface area (Å²) in [5, 5.41) is 16.2. The van der Waals surface area contributed by atoms with Crippen LogP contribution in [0.15, 0.2) is 48.5 Å². The zero-order chi connectivity index (χ0) is 18.9. The summed E-state index contributed by atoms with van der Waals surface area (Å²) in [6, 6.07) is 16.5. The quantitative estimate of drug-likeness (QED) is 0.560. The van der Waals surface area contributed by atoms with Crippen LogP contribution in [0.5, 0.6) is 5.75 Å². The minimum atomic E-state index is 0.409. The van der Waals surface area contributed by atoms with Crippen molar-refractivity contribution in [1.29, 1.82) is 0 Å². The fourth-order valence-corrected chi connectivity index (χ4v) is 4.28. The van der Waals surface area contributed by atoms with E-state index in [1.807, 2.05) is 18.2 Å². The number of nitrogens with zero attached hydrogens (tertiary/aromatic N) is 4. The van der Waals surface area contributed by atoms with Gasteiger partial charge in [-0.25, -0.2) is 0 Å². The van der Waals surface area contributed by atoms with Crippen LogP contribution in [0.4, 0.5) is 0 Å². The Morgan fingerprint density at radius 3 is 2.54 bits per heavy atom. The molecular weight excluding hydrogens is 350 g/mol. The van der Waals surface area contributed by atoms with Crippen molar-refractivity contribution >= 4 is 10.9 Å². The predicted molar refractivity (Wildman–Crippen MR) is 108 cm³/mol. The molecule has 6 heteroatoms. The van der Waals surface area contributed by atoms with Gasteiger partial charge >= 0.3 is 0 Å². The first-order valence-electron chi connectivity index (χ1n) is 9.66. The third-order valence-electron chi connectivity index (χ3n) is 5.59. The standard InChI is InChI=1S/C22H21N5O/c1-28-16-11-12-17-18(13-16)23-21(15-9-5-6-10-15)20(22-24-26-27-25-22)19(17)14-7-3-2-4-8-14/h2-4,7-8,11-13,15H,5-6,9-10H2,1H3,(H,24,25,26,27). The topological polar surface area (TPSA) is 76.6 Å². The fourth-order valence-electron chi connectivity index (χ4n) is 4.28. The molecule has 140 valence electrons. The molecule has 1 N–H and O–H groups in total. The highest BCUT2D eigenvalue weighted by molar-refractivity contribution is 6.02. The number of pyridine rings is 1. The van der Waals surface area contributed by atoms with E-state index in [0.717, 1.165) is 51.9 Å². The van der Waals surface area contributed by atoms with Gasteiger partial charge in [0.1, 0.15) is 5.75 Å². The molecule has 0 saturated heterocycles. The first-order chi connectivity index (χ1) is 13.8. The zero-order valence-electron chi connectivity index (χ0n) is 15.7. The van der Waals surface area contributed by atoms with E-state index in [0.29, 0.717) is 11.7 Å². The molecule has 1 aliphatic carbocycles. The average molecular weight is 371 g/mol. The predicted octanol–water partition coefficient (Wildman–Crippen LogP) is 4.75. The van der Waals surface area contributed by atoms with E-state index in [9.17, 15) is 0 Å². The fraction of sp³-hybridized carbons (Fsp3) is 0.273. The maximum Gasteiger partial charge on any atom is 0.207 e. The number of nitrogens with one attached hydrogen (secondary N) is 1. The van der Waals surface area contributed by atoms with Crippen molar-refractivity contribution < 1.29 is 4.74 Å². The lowest BCUT2D eigenvalue weighted by Gasteiger charge is -2.19. The Balaban J connectivity index is 1.90. The number of aromatic amines is 1. The normalized spacial score (nSPS) is 14.6. The Morgan fingerprint density at radius 1 is 1.00 bits per heavy atom. The number of hydrogen-bond acceptors (Lipinski definition) is 5. The summed E-state index contributed by atoms with van der Waals surface area (Å²) in [7, 11) is 1.69. The number of H-pyrrole nitrogens is 1. The van der Waals surface area contributed by atoms with Crippen LogP contribution in [0, 0.1) is 0 Å². The van der Waals surface area contributed by atoms with Crippen LogP contribution in [-0.4, -0.2) is 32.7 Å². The molecule has 0 aliphatic heterocycles. The van der Waals surface area contributed by atoms with Gasteiger partial charge in [-0.2, -0.15) is 5.21 Å². The first kappa shape index (κ1) is 16.9. The van der Waals surface area contributed by atoms with Gasteiger partial charge in [0.15, 0.2) is 0 Å². The monoisotopic (exact) mass is 371 g/mol. The second-order valence-electron chi connectivity index (χ2n) is 7.21. The van der Waals surface area contributed by atoms with Gasteiger partial charge in [0, 0.05) is 22.9 Å². The summed E-state index contributed by atoms with van der Waals surface area (Å²) in [5.74, 6) is 1.82. The molecule has 0 bridgehead atoms. The van der Waals surface area contributed by atoms with Crippen LogP contribution in [-0.2, 0) is 0 Å². The van der Waals surface area contributed by atoms with E-state index >= 15 is 0 Å². The largest absolute Gasteiger partial charge is 0.497 e. The number of aromatic nitrogens is 5. The lowest BCUT2D eigenvalue weighted by atomic mass is 9.89.